The number of rotatable bonds is 6. The first-order chi connectivity index (χ1) is 15.6. The third kappa shape index (κ3) is 4.43. The van der Waals surface area contributed by atoms with Crippen LogP contribution in [0.4, 0.5) is 0 Å². The van der Waals surface area contributed by atoms with Crippen molar-refractivity contribution >= 4 is 22.8 Å². The van der Waals surface area contributed by atoms with Gasteiger partial charge in [-0.25, -0.2) is 4.98 Å². The molecule has 5 nitrogen and oxygen atoms in total. The van der Waals surface area contributed by atoms with Crippen LogP contribution in [0.15, 0.2) is 47.0 Å². The van der Waals surface area contributed by atoms with E-state index in [0.29, 0.717) is 18.9 Å². The van der Waals surface area contributed by atoms with Crippen LogP contribution >= 0.6 is 11.3 Å². The molecule has 0 spiro atoms. The second-order valence-electron chi connectivity index (χ2n) is 8.95. The molecule has 0 radical (unpaired) electrons. The number of aromatic nitrogens is 2. The number of pyridine rings is 1. The summed E-state index contributed by atoms with van der Waals surface area (Å²) in [5.74, 6) is 0.652. The monoisotopic (exact) mass is 444 g/mol. The highest BCUT2D eigenvalue weighted by Crippen LogP contribution is 2.28. The van der Waals surface area contributed by atoms with Crippen LogP contribution in [0, 0.1) is 19.8 Å². The molecule has 2 aromatic heterocycles. The SMILES string of the molecule is Cc1cc(C2=NCc3ccc(C(=O)C[C@@H]4CCCN(Cc5scnc5C)C4)cc32)ccn1. The van der Waals surface area contributed by atoms with Crippen molar-refractivity contribution in [2.24, 2.45) is 10.9 Å². The Bertz CT molecular complexity index is 1180. The van der Waals surface area contributed by atoms with Gasteiger partial charge in [0.05, 0.1) is 23.5 Å². The van der Waals surface area contributed by atoms with Crippen molar-refractivity contribution in [2.75, 3.05) is 13.1 Å². The van der Waals surface area contributed by atoms with E-state index in [2.05, 4.69) is 40.0 Å². The number of likely N-dealkylation sites (tertiary alicyclic amines) is 1. The minimum Gasteiger partial charge on any atom is -0.298 e. The van der Waals surface area contributed by atoms with Crippen LogP contribution in [-0.4, -0.2) is 39.5 Å². The Kier molecular flexibility index (Phi) is 5.98. The van der Waals surface area contributed by atoms with E-state index in [1.165, 1.54) is 10.4 Å². The summed E-state index contributed by atoms with van der Waals surface area (Å²) in [6.07, 6.45) is 4.70. The molecular weight excluding hydrogens is 416 g/mol. The average Bonchev–Trinajstić information content (AvgIpc) is 3.39. The van der Waals surface area contributed by atoms with Gasteiger partial charge in [-0.3, -0.25) is 19.7 Å². The van der Waals surface area contributed by atoms with E-state index < -0.39 is 0 Å². The molecule has 0 amide bonds. The van der Waals surface area contributed by atoms with Crippen LogP contribution in [0.25, 0.3) is 0 Å². The zero-order valence-electron chi connectivity index (χ0n) is 18.7. The van der Waals surface area contributed by atoms with Crippen LogP contribution in [0.3, 0.4) is 0 Å². The number of carbonyl (C=O) groups excluding carboxylic acids is 1. The van der Waals surface area contributed by atoms with E-state index in [9.17, 15) is 4.79 Å². The third-order valence-corrected chi connectivity index (χ3v) is 7.47. The van der Waals surface area contributed by atoms with Gasteiger partial charge in [0.2, 0.25) is 0 Å². The summed E-state index contributed by atoms with van der Waals surface area (Å²) in [5.41, 5.74) is 9.16. The molecule has 1 fully saturated rings. The number of hydrogen-bond donors (Lipinski definition) is 0. The molecule has 1 atom stereocenters. The van der Waals surface area contributed by atoms with Gasteiger partial charge in [0.15, 0.2) is 5.78 Å². The van der Waals surface area contributed by atoms with Gasteiger partial charge >= 0.3 is 0 Å². The highest BCUT2D eigenvalue weighted by Gasteiger charge is 2.25. The number of aryl methyl sites for hydroxylation is 2. The molecule has 0 saturated carbocycles. The highest BCUT2D eigenvalue weighted by atomic mass is 32.1. The number of ketones is 1. The number of thiazole rings is 1. The van der Waals surface area contributed by atoms with Gasteiger partial charge in [-0.2, -0.15) is 0 Å². The number of hydrogen-bond acceptors (Lipinski definition) is 6. The average molecular weight is 445 g/mol. The molecule has 1 saturated heterocycles. The number of fused-ring (bicyclic) bond motifs is 1. The summed E-state index contributed by atoms with van der Waals surface area (Å²) in [6.45, 7) is 7.78. The van der Waals surface area contributed by atoms with Crippen molar-refractivity contribution in [3.05, 3.63) is 80.6 Å². The van der Waals surface area contributed by atoms with Crippen LogP contribution in [-0.2, 0) is 13.1 Å². The van der Waals surface area contributed by atoms with Gasteiger partial charge in [-0.15, -0.1) is 11.3 Å². The second kappa shape index (κ2) is 9.04. The molecule has 1 aromatic carbocycles. The number of Topliss-reactive ketones (excluding diaryl/α,β-unsaturated/α-hetero) is 1. The number of aliphatic imine (C=N–C) groups is 1. The highest BCUT2D eigenvalue weighted by molar-refractivity contribution is 7.09. The molecule has 2 aliphatic rings. The molecule has 5 rings (SSSR count). The van der Waals surface area contributed by atoms with Gasteiger partial charge in [-0.1, -0.05) is 12.1 Å². The number of carbonyl (C=O) groups is 1. The predicted octanol–water partition coefficient (Wildman–Crippen LogP) is 4.99. The van der Waals surface area contributed by atoms with E-state index in [1.807, 2.05) is 30.8 Å². The first kappa shape index (κ1) is 21.2. The maximum atomic E-state index is 13.2. The van der Waals surface area contributed by atoms with E-state index in [4.69, 9.17) is 4.99 Å². The molecular formula is C26H28N4OS. The van der Waals surface area contributed by atoms with Crippen molar-refractivity contribution in [2.45, 2.75) is 46.2 Å². The van der Waals surface area contributed by atoms with E-state index >= 15 is 0 Å². The molecule has 0 unspecified atom stereocenters. The lowest BCUT2D eigenvalue weighted by Gasteiger charge is -2.32. The molecule has 0 N–H and O–H groups in total. The van der Waals surface area contributed by atoms with Gasteiger partial charge in [-0.05, 0) is 62.9 Å². The second-order valence-corrected chi connectivity index (χ2v) is 9.89. The normalized spacial score (nSPS) is 18.4. The van der Waals surface area contributed by atoms with Crippen molar-refractivity contribution in [1.29, 1.82) is 0 Å². The molecule has 164 valence electrons. The van der Waals surface area contributed by atoms with Crippen LogP contribution in [0.2, 0.25) is 0 Å². The van der Waals surface area contributed by atoms with E-state index in [1.54, 1.807) is 11.3 Å². The summed E-state index contributed by atoms with van der Waals surface area (Å²) in [6, 6.07) is 10.2. The van der Waals surface area contributed by atoms with Gasteiger partial charge < -0.3 is 0 Å². The van der Waals surface area contributed by atoms with Crippen molar-refractivity contribution in [3.63, 3.8) is 0 Å². The Hall–Kier alpha value is -2.70. The molecule has 2 aliphatic heterocycles. The minimum atomic E-state index is 0.241. The largest absolute Gasteiger partial charge is 0.298 e. The molecule has 4 heterocycles. The summed E-state index contributed by atoms with van der Waals surface area (Å²) >= 11 is 1.73. The zero-order valence-corrected chi connectivity index (χ0v) is 19.5. The maximum absolute atomic E-state index is 13.2. The van der Waals surface area contributed by atoms with E-state index in [0.717, 1.165) is 66.3 Å². The van der Waals surface area contributed by atoms with Gasteiger partial charge in [0.25, 0.3) is 0 Å². The maximum Gasteiger partial charge on any atom is 0.163 e. The van der Waals surface area contributed by atoms with Crippen LogP contribution in [0.5, 0.6) is 0 Å². The summed E-state index contributed by atoms with van der Waals surface area (Å²) in [7, 11) is 0. The molecule has 3 aromatic rings. The van der Waals surface area contributed by atoms with E-state index in [-0.39, 0.29) is 5.78 Å². The fraction of sp³-hybridized carbons (Fsp3) is 0.385. The lowest BCUT2D eigenvalue weighted by molar-refractivity contribution is 0.0913. The number of benzene rings is 1. The molecule has 0 aliphatic carbocycles. The Morgan fingerprint density at radius 2 is 2.09 bits per heavy atom. The van der Waals surface area contributed by atoms with Gasteiger partial charge in [0.1, 0.15) is 0 Å². The standard InChI is InChI=1S/C26H28N4OS/c1-17-10-21(7-8-27-17)26-23-12-20(5-6-22(23)13-28-26)24(31)11-19-4-3-9-30(14-19)15-25-18(2)29-16-32-25/h5-8,10,12,16,19H,3-4,9,11,13-15H2,1-2H3/t19-/m0/s1. The first-order valence-electron chi connectivity index (χ1n) is 11.3. The predicted molar refractivity (Wildman–Crippen MR) is 129 cm³/mol. The smallest absolute Gasteiger partial charge is 0.163 e. The van der Waals surface area contributed by atoms with Crippen molar-refractivity contribution in [1.82, 2.24) is 14.9 Å². The third-order valence-electron chi connectivity index (χ3n) is 6.55. The van der Waals surface area contributed by atoms with Crippen molar-refractivity contribution < 1.29 is 4.79 Å². The lowest BCUT2D eigenvalue weighted by Crippen LogP contribution is -2.35. The van der Waals surface area contributed by atoms with Crippen LogP contribution < -0.4 is 0 Å². The van der Waals surface area contributed by atoms with Gasteiger partial charge in [0, 0.05) is 53.0 Å². The molecule has 32 heavy (non-hydrogen) atoms. The number of piperidine rings is 1. The topological polar surface area (TPSA) is 58.5 Å². The van der Waals surface area contributed by atoms with Crippen LogP contribution in [0.1, 0.15) is 62.6 Å². The first-order valence-corrected chi connectivity index (χ1v) is 12.2. The quantitative estimate of drug-likeness (QED) is 0.503. The Labute approximate surface area is 193 Å². The minimum absolute atomic E-state index is 0.241. The number of nitrogens with zero attached hydrogens (tertiary/aromatic N) is 4. The Balaban J connectivity index is 1.28. The Morgan fingerprint density at radius 3 is 2.91 bits per heavy atom. The molecule has 0 bridgehead atoms. The Morgan fingerprint density at radius 1 is 1.19 bits per heavy atom. The summed E-state index contributed by atoms with van der Waals surface area (Å²) < 4.78 is 0. The fourth-order valence-electron chi connectivity index (χ4n) is 4.82. The zero-order chi connectivity index (χ0) is 22.1. The summed E-state index contributed by atoms with van der Waals surface area (Å²) in [4.78, 5) is 30.5. The fourth-order valence-corrected chi connectivity index (χ4v) is 5.64. The van der Waals surface area contributed by atoms with Crippen molar-refractivity contribution in [3.8, 4) is 0 Å². The lowest BCUT2D eigenvalue weighted by atomic mass is 9.89. The summed E-state index contributed by atoms with van der Waals surface area (Å²) in [5, 5.41) is 0. The molecule has 6 heteroatoms.